The van der Waals surface area contributed by atoms with Crippen molar-refractivity contribution in [3.05, 3.63) is 106 Å². The highest BCUT2D eigenvalue weighted by Gasteiger charge is 2.30. The molecule has 11 heteroatoms. The third-order valence-electron chi connectivity index (χ3n) is 8.21. The molecule has 1 saturated carbocycles. The van der Waals surface area contributed by atoms with Crippen LogP contribution in [0.1, 0.15) is 71.9 Å². The molecule has 6 rings (SSSR count). The maximum atomic E-state index is 15.0. The SMILES string of the molecule is CC(C)c1ccc(-c2cccc(-c3nn(-c4nc(C(=O)O)cs4)c(CCC4CC4)c3Cc3ccc([S+](N)(=O)O)c(F)c3)c2)cc1. The Morgan fingerprint density at radius 1 is 1.09 bits per heavy atom. The molecule has 8 nitrogen and oxygen atoms in total. The molecule has 2 heterocycles. The second-order valence-electron chi connectivity index (χ2n) is 11.9. The van der Waals surface area contributed by atoms with E-state index < -0.39 is 27.1 Å². The Morgan fingerprint density at radius 2 is 1.82 bits per heavy atom. The van der Waals surface area contributed by atoms with Crippen LogP contribution in [0.15, 0.2) is 77.0 Å². The Morgan fingerprint density at radius 3 is 2.44 bits per heavy atom. The first-order chi connectivity index (χ1) is 21.5. The van der Waals surface area contributed by atoms with E-state index in [1.165, 1.54) is 47.3 Å². The van der Waals surface area contributed by atoms with Gasteiger partial charge >= 0.3 is 16.4 Å². The first kappa shape index (κ1) is 31.0. The number of carbonyl (C=O) groups is 1. The van der Waals surface area contributed by atoms with Crippen LogP contribution >= 0.6 is 11.3 Å². The van der Waals surface area contributed by atoms with Crippen molar-refractivity contribution in [2.75, 3.05) is 0 Å². The Kier molecular flexibility index (Phi) is 8.53. The van der Waals surface area contributed by atoms with Crippen LogP contribution in [-0.2, 0) is 27.5 Å². The van der Waals surface area contributed by atoms with Gasteiger partial charge in [0.15, 0.2) is 11.5 Å². The average molecular weight is 646 g/mol. The van der Waals surface area contributed by atoms with Crippen LogP contribution in [0.2, 0.25) is 0 Å². The molecule has 0 saturated heterocycles. The Balaban J connectivity index is 1.49. The number of rotatable bonds is 11. The van der Waals surface area contributed by atoms with E-state index in [4.69, 9.17) is 10.2 Å². The van der Waals surface area contributed by atoms with Gasteiger partial charge in [-0.25, -0.2) is 18.9 Å². The lowest BCUT2D eigenvalue weighted by molar-refractivity contribution is 0.0691. The summed E-state index contributed by atoms with van der Waals surface area (Å²) in [4.78, 5) is 15.6. The number of thiazole rings is 1. The predicted molar refractivity (Wildman–Crippen MR) is 175 cm³/mol. The molecule has 4 N–H and O–H groups in total. The zero-order valence-corrected chi connectivity index (χ0v) is 26.6. The number of carboxylic acids is 1. The topological polar surface area (TPSA) is 131 Å². The van der Waals surface area contributed by atoms with E-state index >= 15 is 0 Å². The van der Waals surface area contributed by atoms with Crippen molar-refractivity contribution in [1.29, 1.82) is 0 Å². The monoisotopic (exact) mass is 645 g/mol. The van der Waals surface area contributed by atoms with Crippen molar-refractivity contribution in [2.45, 2.75) is 56.8 Å². The van der Waals surface area contributed by atoms with Crippen molar-refractivity contribution in [1.82, 2.24) is 14.8 Å². The van der Waals surface area contributed by atoms with E-state index in [-0.39, 0.29) is 12.1 Å². The molecule has 1 atom stereocenters. The Labute approximate surface area is 266 Å². The summed E-state index contributed by atoms with van der Waals surface area (Å²) in [7, 11) is -3.97. The molecule has 0 spiro atoms. The molecule has 232 valence electrons. The summed E-state index contributed by atoms with van der Waals surface area (Å²) in [5, 5.41) is 21.9. The fraction of sp³-hybridized carbons (Fsp3) is 0.265. The second kappa shape index (κ2) is 12.4. The molecule has 0 bridgehead atoms. The van der Waals surface area contributed by atoms with Crippen molar-refractivity contribution in [2.24, 2.45) is 11.1 Å². The van der Waals surface area contributed by atoms with Gasteiger partial charge in [0.05, 0.1) is 11.4 Å². The molecule has 2 aromatic heterocycles. The van der Waals surface area contributed by atoms with Crippen LogP contribution in [0, 0.1) is 11.7 Å². The van der Waals surface area contributed by atoms with Gasteiger partial charge in [-0.3, -0.25) is 0 Å². The lowest BCUT2D eigenvalue weighted by Gasteiger charge is -2.11. The van der Waals surface area contributed by atoms with Crippen LogP contribution in [0.25, 0.3) is 27.5 Å². The molecular weight excluding hydrogens is 612 g/mol. The fourth-order valence-electron chi connectivity index (χ4n) is 5.53. The molecule has 1 aliphatic carbocycles. The summed E-state index contributed by atoms with van der Waals surface area (Å²) in [5.74, 6) is -0.927. The Hall–Kier alpha value is -4.03. The number of nitrogens with zero attached hydrogens (tertiary/aromatic N) is 3. The van der Waals surface area contributed by atoms with E-state index in [1.807, 2.05) is 18.2 Å². The largest absolute Gasteiger partial charge is 0.476 e. The molecule has 1 aliphatic rings. The molecule has 1 unspecified atom stereocenters. The number of nitrogens with two attached hydrogens (primary N) is 1. The molecule has 5 aromatic rings. The van der Waals surface area contributed by atoms with Gasteiger partial charge in [0.25, 0.3) is 0 Å². The smallest absolute Gasteiger partial charge is 0.355 e. The van der Waals surface area contributed by atoms with Crippen molar-refractivity contribution < 1.29 is 23.1 Å². The minimum absolute atomic E-state index is 0.0550. The molecule has 45 heavy (non-hydrogen) atoms. The number of halogens is 1. The first-order valence-electron chi connectivity index (χ1n) is 14.8. The maximum Gasteiger partial charge on any atom is 0.355 e. The van der Waals surface area contributed by atoms with Gasteiger partial charge < -0.3 is 5.11 Å². The first-order valence-corrected chi connectivity index (χ1v) is 17.3. The summed E-state index contributed by atoms with van der Waals surface area (Å²) < 4.78 is 38.5. The summed E-state index contributed by atoms with van der Waals surface area (Å²) in [5.41, 5.74) is 7.14. The van der Waals surface area contributed by atoms with Gasteiger partial charge in [-0.1, -0.05) is 75.2 Å². The molecule has 3 aromatic carbocycles. The average Bonchev–Trinajstić information content (AvgIpc) is 3.57. The maximum absolute atomic E-state index is 15.0. The third kappa shape index (κ3) is 6.81. The summed E-state index contributed by atoms with van der Waals surface area (Å²) in [6.45, 7) is 4.32. The second-order valence-corrected chi connectivity index (χ2v) is 14.3. The van der Waals surface area contributed by atoms with Crippen molar-refractivity contribution in [3.8, 4) is 27.5 Å². The highest BCUT2D eigenvalue weighted by molar-refractivity contribution is 7.95. The third-order valence-corrected chi connectivity index (χ3v) is 9.98. The quantitative estimate of drug-likeness (QED) is 0.126. The highest BCUT2D eigenvalue weighted by Crippen LogP contribution is 2.38. The van der Waals surface area contributed by atoms with E-state index in [0.29, 0.717) is 34.6 Å². The summed E-state index contributed by atoms with van der Waals surface area (Å²) in [6.07, 6.45) is 4.24. The van der Waals surface area contributed by atoms with Gasteiger partial charge in [0, 0.05) is 29.0 Å². The molecule has 0 amide bonds. The summed E-state index contributed by atoms with van der Waals surface area (Å²) >= 11 is 1.20. The number of aromatic nitrogens is 3. The molecule has 0 aliphatic heterocycles. The molecular formula is C34H34FN4O4S2+. The van der Waals surface area contributed by atoms with Crippen molar-refractivity contribution >= 4 is 27.7 Å². The van der Waals surface area contributed by atoms with E-state index in [2.05, 4.69) is 49.2 Å². The van der Waals surface area contributed by atoms with Gasteiger partial charge in [-0.2, -0.15) is 9.65 Å². The standard InChI is InChI=1S/C34H33FN4O4S2/c1-20(2)23-10-12-24(13-11-23)25-4-3-5-26(18-25)32-27(16-22-9-15-31(28(35)17-22)45(36,42)43)30(14-8-21-6-7-21)39(38-32)34-37-29(19-44-34)33(40)41/h3-5,9-13,15,17-21H,6-8,14,16H2,1-2H3,(H3-,36,40,41,42,43)/p+1. The van der Waals surface area contributed by atoms with E-state index in [9.17, 15) is 23.1 Å². The number of hydrogen-bond acceptors (Lipinski definition) is 5. The van der Waals surface area contributed by atoms with Crippen LogP contribution < -0.4 is 5.14 Å². The minimum atomic E-state index is -3.97. The van der Waals surface area contributed by atoms with Crippen LogP contribution in [0.4, 0.5) is 4.39 Å². The van der Waals surface area contributed by atoms with Gasteiger partial charge in [0.2, 0.25) is 10.0 Å². The lowest BCUT2D eigenvalue weighted by atomic mass is 9.94. The number of benzene rings is 3. The zero-order chi connectivity index (χ0) is 31.9. The number of carboxylic acid groups (broad SMARTS) is 1. The van der Waals surface area contributed by atoms with Crippen LogP contribution in [0.3, 0.4) is 0 Å². The minimum Gasteiger partial charge on any atom is -0.476 e. The number of aromatic carboxylic acids is 1. The molecule has 0 radical (unpaired) electrons. The van der Waals surface area contributed by atoms with Crippen LogP contribution in [0.5, 0.6) is 0 Å². The Bertz CT molecular complexity index is 1920. The zero-order valence-electron chi connectivity index (χ0n) is 24.9. The van der Waals surface area contributed by atoms with Crippen molar-refractivity contribution in [3.63, 3.8) is 0 Å². The lowest BCUT2D eigenvalue weighted by Crippen LogP contribution is -2.22. The van der Waals surface area contributed by atoms with E-state index in [0.717, 1.165) is 34.4 Å². The van der Waals surface area contributed by atoms with Crippen LogP contribution in [-0.4, -0.2) is 30.4 Å². The van der Waals surface area contributed by atoms with Gasteiger partial charge in [-0.15, -0.1) is 16.5 Å². The highest BCUT2D eigenvalue weighted by atomic mass is 32.3. The predicted octanol–water partition coefficient (Wildman–Crippen LogP) is 7.76. The molecule has 1 fully saturated rings. The van der Waals surface area contributed by atoms with Gasteiger partial charge in [-0.05, 0) is 63.3 Å². The number of hydrogen-bond donors (Lipinski definition) is 3. The van der Waals surface area contributed by atoms with Gasteiger partial charge in [0.1, 0.15) is 0 Å². The van der Waals surface area contributed by atoms with E-state index in [1.54, 1.807) is 10.7 Å². The normalized spacial score (nSPS) is 14.5. The fourth-order valence-corrected chi connectivity index (χ4v) is 6.90. The summed E-state index contributed by atoms with van der Waals surface area (Å²) in [6, 6.07) is 20.7.